The fraction of sp³-hybridized carbons (Fsp3) is 0.217. The number of carbonyl (C=O) groups is 1. The minimum absolute atomic E-state index is 0.0143. The fourth-order valence-electron chi connectivity index (χ4n) is 4.10. The van der Waals surface area contributed by atoms with Crippen molar-refractivity contribution in [2.45, 2.75) is 19.4 Å². The Morgan fingerprint density at radius 1 is 1.12 bits per heavy atom. The lowest BCUT2D eigenvalue weighted by Crippen LogP contribution is -2.38. The molecule has 5 rings (SSSR count). The van der Waals surface area contributed by atoms with Crippen molar-refractivity contribution in [2.24, 2.45) is 7.05 Å². The van der Waals surface area contributed by atoms with Crippen molar-refractivity contribution in [3.63, 3.8) is 0 Å². The molecule has 2 aromatic carbocycles. The van der Waals surface area contributed by atoms with Crippen LogP contribution in [-0.2, 0) is 13.6 Å². The van der Waals surface area contributed by atoms with Crippen LogP contribution < -0.4 is 0 Å². The van der Waals surface area contributed by atoms with Crippen LogP contribution in [0.5, 0.6) is 0 Å². The van der Waals surface area contributed by atoms with Gasteiger partial charge in [-0.1, -0.05) is 35.6 Å². The van der Waals surface area contributed by atoms with E-state index in [9.17, 15) is 13.6 Å². The Labute approximate surface area is 187 Å². The van der Waals surface area contributed by atoms with Gasteiger partial charge in [0.15, 0.2) is 5.01 Å². The Hall–Kier alpha value is -3.46. The van der Waals surface area contributed by atoms with Gasteiger partial charge in [-0.15, -0.1) is 10.2 Å². The molecule has 0 N–H and O–H groups in total. The van der Waals surface area contributed by atoms with E-state index >= 15 is 0 Å². The molecule has 0 aliphatic carbocycles. The summed E-state index contributed by atoms with van der Waals surface area (Å²) in [4.78, 5) is 15.1. The van der Waals surface area contributed by atoms with Gasteiger partial charge in [0, 0.05) is 48.9 Å². The van der Waals surface area contributed by atoms with Gasteiger partial charge in [-0.25, -0.2) is 8.78 Å². The summed E-state index contributed by atoms with van der Waals surface area (Å²) in [5, 5.41) is 12.8. The Bertz CT molecular complexity index is 1330. The maximum atomic E-state index is 14.1. The first-order valence-electron chi connectivity index (χ1n) is 10.1. The van der Waals surface area contributed by atoms with Crippen molar-refractivity contribution in [3.8, 4) is 10.6 Å². The molecule has 0 saturated heterocycles. The second-order valence-electron chi connectivity index (χ2n) is 7.78. The third-order valence-corrected chi connectivity index (χ3v) is 6.84. The molecule has 0 saturated carbocycles. The number of hydrogen-bond acceptors (Lipinski definition) is 5. The number of aromatic nitrogens is 4. The molecule has 2 aromatic heterocycles. The molecular formula is C23H19F2N5OS. The molecule has 162 valence electrons. The highest BCUT2D eigenvalue weighted by Gasteiger charge is 2.32. The minimum Gasteiger partial charge on any atom is -0.331 e. The smallest absolute Gasteiger partial charge is 0.285 e. The SMILES string of the molecule is Cc1c(C2CN(C(=O)c3nnc(-c4ccc(F)cc4F)s3)Cc3ccccc32)cnn1C. The monoisotopic (exact) mass is 451 g/mol. The number of fused-ring (bicyclic) bond motifs is 1. The molecule has 9 heteroatoms. The second-order valence-corrected chi connectivity index (χ2v) is 8.76. The van der Waals surface area contributed by atoms with Crippen LogP contribution in [0, 0.1) is 18.6 Å². The van der Waals surface area contributed by atoms with Gasteiger partial charge in [-0.3, -0.25) is 9.48 Å². The summed E-state index contributed by atoms with van der Waals surface area (Å²) >= 11 is 1.00. The average molecular weight is 452 g/mol. The summed E-state index contributed by atoms with van der Waals surface area (Å²) in [6, 6.07) is 11.3. The van der Waals surface area contributed by atoms with E-state index in [1.165, 1.54) is 11.6 Å². The Kier molecular flexibility index (Phi) is 5.05. The van der Waals surface area contributed by atoms with Crippen LogP contribution >= 0.6 is 11.3 Å². The maximum absolute atomic E-state index is 14.1. The van der Waals surface area contributed by atoms with Crippen molar-refractivity contribution in [3.05, 3.63) is 87.7 Å². The predicted molar refractivity (Wildman–Crippen MR) is 116 cm³/mol. The second kappa shape index (κ2) is 7.90. The Balaban J connectivity index is 1.47. The molecular weight excluding hydrogens is 432 g/mol. The van der Waals surface area contributed by atoms with E-state index < -0.39 is 11.6 Å². The van der Waals surface area contributed by atoms with Gasteiger partial charge in [-0.05, 0) is 30.2 Å². The lowest BCUT2D eigenvalue weighted by atomic mass is 9.85. The third-order valence-electron chi connectivity index (χ3n) is 5.90. The molecule has 1 amide bonds. The molecule has 0 bridgehead atoms. The molecule has 1 atom stereocenters. The largest absolute Gasteiger partial charge is 0.331 e. The molecule has 4 aromatic rings. The van der Waals surface area contributed by atoms with E-state index in [4.69, 9.17) is 0 Å². The van der Waals surface area contributed by atoms with E-state index in [2.05, 4.69) is 21.4 Å². The van der Waals surface area contributed by atoms with Crippen molar-refractivity contribution in [2.75, 3.05) is 6.54 Å². The van der Waals surface area contributed by atoms with Gasteiger partial charge in [0.1, 0.15) is 11.6 Å². The first-order valence-corrected chi connectivity index (χ1v) is 10.9. The molecule has 3 heterocycles. The molecule has 32 heavy (non-hydrogen) atoms. The van der Waals surface area contributed by atoms with E-state index in [-0.39, 0.29) is 27.4 Å². The van der Waals surface area contributed by atoms with Crippen LogP contribution in [0.4, 0.5) is 8.78 Å². The number of hydrogen-bond donors (Lipinski definition) is 0. The highest BCUT2D eigenvalue weighted by molar-refractivity contribution is 7.16. The van der Waals surface area contributed by atoms with Crippen LogP contribution in [-0.4, -0.2) is 37.3 Å². The van der Waals surface area contributed by atoms with Crippen molar-refractivity contribution < 1.29 is 13.6 Å². The van der Waals surface area contributed by atoms with Gasteiger partial charge in [0.2, 0.25) is 5.01 Å². The highest BCUT2D eigenvalue weighted by atomic mass is 32.1. The first kappa shape index (κ1) is 20.4. The van der Waals surface area contributed by atoms with Crippen molar-refractivity contribution >= 4 is 17.2 Å². The zero-order valence-corrected chi connectivity index (χ0v) is 18.2. The number of benzene rings is 2. The van der Waals surface area contributed by atoms with Gasteiger partial charge >= 0.3 is 0 Å². The highest BCUT2D eigenvalue weighted by Crippen LogP contribution is 2.36. The van der Waals surface area contributed by atoms with Crippen molar-refractivity contribution in [1.29, 1.82) is 0 Å². The number of carbonyl (C=O) groups excluding carboxylic acids is 1. The molecule has 1 unspecified atom stereocenters. The maximum Gasteiger partial charge on any atom is 0.285 e. The van der Waals surface area contributed by atoms with Crippen LogP contribution in [0.2, 0.25) is 0 Å². The fourth-order valence-corrected chi connectivity index (χ4v) is 4.94. The quantitative estimate of drug-likeness (QED) is 0.466. The van der Waals surface area contributed by atoms with Gasteiger partial charge in [-0.2, -0.15) is 5.10 Å². The summed E-state index contributed by atoms with van der Waals surface area (Å²) in [5.74, 6) is -1.69. The zero-order valence-electron chi connectivity index (χ0n) is 17.4. The van der Waals surface area contributed by atoms with E-state index in [1.54, 1.807) is 4.90 Å². The minimum atomic E-state index is -0.737. The number of nitrogens with zero attached hydrogens (tertiary/aromatic N) is 5. The van der Waals surface area contributed by atoms with Crippen LogP contribution in [0.3, 0.4) is 0 Å². The normalized spacial score (nSPS) is 15.6. The zero-order chi connectivity index (χ0) is 22.4. The lowest BCUT2D eigenvalue weighted by Gasteiger charge is -2.34. The molecule has 0 fully saturated rings. The number of amides is 1. The number of halogens is 2. The Morgan fingerprint density at radius 2 is 1.94 bits per heavy atom. The first-order chi connectivity index (χ1) is 15.4. The van der Waals surface area contributed by atoms with E-state index in [0.29, 0.717) is 13.1 Å². The molecule has 0 radical (unpaired) electrons. The summed E-state index contributed by atoms with van der Waals surface area (Å²) in [6.45, 7) is 2.94. The molecule has 1 aliphatic heterocycles. The van der Waals surface area contributed by atoms with E-state index in [0.717, 1.165) is 40.3 Å². The van der Waals surface area contributed by atoms with Crippen LogP contribution in [0.25, 0.3) is 10.6 Å². The van der Waals surface area contributed by atoms with Gasteiger partial charge in [0.05, 0.1) is 6.20 Å². The molecule has 0 spiro atoms. The van der Waals surface area contributed by atoms with Crippen LogP contribution in [0.1, 0.15) is 38.1 Å². The number of aryl methyl sites for hydroxylation is 1. The van der Waals surface area contributed by atoms with Crippen LogP contribution in [0.15, 0.2) is 48.7 Å². The summed E-state index contributed by atoms with van der Waals surface area (Å²) < 4.78 is 29.2. The van der Waals surface area contributed by atoms with Gasteiger partial charge in [0.25, 0.3) is 5.91 Å². The van der Waals surface area contributed by atoms with Crippen molar-refractivity contribution in [1.82, 2.24) is 24.9 Å². The number of rotatable bonds is 3. The topological polar surface area (TPSA) is 63.9 Å². The average Bonchev–Trinajstić information content (AvgIpc) is 3.40. The summed E-state index contributed by atoms with van der Waals surface area (Å²) in [7, 11) is 1.90. The standard InChI is InChI=1S/C23H19F2N5OS/c1-13-18(10-26-29(13)2)19-12-30(11-14-5-3-4-6-16(14)19)23(31)22-28-27-21(32-22)17-8-7-15(24)9-20(17)25/h3-10,19H,11-12H2,1-2H3. The predicted octanol–water partition coefficient (Wildman–Crippen LogP) is 4.31. The Morgan fingerprint density at radius 3 is 2.69 bits per heavy atom. The molecule has 1 aliphatic rings. The molecule has 6 nitrogen and oxygen atoms in total. The third kappa shape index (κ3) is 3.48. The lowest BCUT2D eigenvalue weighted by molar-refractivity contribution is 0.0723. The van der Waals surface area contributed by atoms with Gasteiger partial charge < -0.3 is 4.90 Å². The summed E-state index contributed by atoms with van der Waals surface area (Å²) in [6.07, 6.45) is 1.85. The summed E-state index contributed by atoms with van der Waals surface area (Å²) in [5.41, 5.74) is 4.48. The van der Waals surface area contributed by atoms with E-state index in [1.807, 2.05) is 43.0 Å².